The molecule has 2 aromatic heterocycles. The van der Waals surface area contributed by atoms with Gasteiger partial charge in [-0.2, -0.15) is 0 Å². The van der Waals surface area contributed by atoms with Crippen LogP contribution in [0.5, 0.6) is 0 Å². The van der Waals surface area contributed by atoms with E-state index in [1.165, 1.54) is 11.3 Å². The molecule has 0 fully saturated rings. The number of hydrogen-bond donors (Lipinski definition) is 0. The normalized spacial score (nSPS) is 11.4. The minimum absolute atomic E-state index is 0.576. The molecule has 0 atom stereocenters. The van der Waals surface area contributed by atoms with E-state index in [9.17, 15) is 0 Å². The zero-order valence-corrected chi connectivity index (χ0v) is 8.28. The summed E-state index contributed by atoms with van der Waals surface area (Å²) < 4.78 is 2.13. The van der Waals surface area contributed by atoms with E-state index >= 15 is 0 Å². The highest BCUT2D eigenvalue weighted by atomic mass is 15.0. The summed E-state index contributed by atoms with van der Waals surface area (Å²) in [5, 5.41) is 0. The molecular formula is C11H14N2. The molecule has 0 aromatic carbocycles. The Kier molecular flexibility index (Phi) is 1.83. The summed E-state index contributed by atoms with van der Waals surface area (Å²) in [6.07, 6.45) is 3.85. The van der Waals surface area contributed by atoms with Crippen LogP contribution in [0.25, 0.3) is 5.65 Å². The largest absolute Gasteiger partial charge is 0.304 e. The third-order valence-electron chi connectivity index (χ3n) is 2.48. The summed E-state index contributed by atoms with van der Waals surface area (Å²) in [4.78, 5) is 4.24. The van der Waals surface area contributed by atoms with E-state index in [0.29, 0.717) is 5.92 Å². The molecule has 68 valence electrons. The number of rotatable bonds is 1. The molecule has 2 heterocycles. The lowest BCUT2D eigenvalue weighted by molar-refractivity contribution is 0.835. The van der Waals surface area contributed by atoms with Crippen LogP contribution in [0.2, 0.25) is 0 Å². The Morgan fingerprint density at radius 3 is 2.77 bits per heavy atom. The van der Waals surface area contributed by atoms with E-state index in [1.807, 2.05) is 12.4 Å². The second kappa shape index (κ2) is 2.87. The van der Waals surface area contributed by atoms with E-state index < -0.39 is 0 Å². The fourth-order valence-corrected chi connectivity index (χ4v) is 1.76. The van der Waals surface area contributed by atoms with Crippen molar-refractivity contribution in [1.82, 2.24) is 9.38 Å². The molecule has 0 N–H and O–H groups in total. The van der Waals surface area contributed by atoms with E-state index in [2.05, 4.69) is 42.3 Å². The van der Waals surface area contributed by atoms with Gasteiger partial charge in [0, 0.05) is 18.1 Å². The van der Waals surface area contributed by atoms with E-state index in [4.69, 9.17) is 0 Å². The summed E-state index contributed by atoms with van der Waals surface area (Å²) in [6, 6.07) is 4.24. The molecule has 0 saturated heterocycles. The Hall–Kier alpha value is -1.31. The van der Waals surface area contributed by atoms with Gasteiger partial charge in [-0.05, 0) is 24.5 Å². The monoisotopic (exact) mass is 174 g/mol. The molecule has 0 saturated carbocycles. The first-order chi connectivity index (χ1) is 6.20. The quantitative estimate of drug-likeness (QED) is 0.649. The van der Waals surface area contributed by atoms with Crippen molar-refractivity contribution in [2.24, 2.45) is 0 Å². The SMILES string of the molecule is Cc1c(C(C)C)ccc2nccn12. The van der Waals surface area contributed by atoms with Gasteiger partial charge in [-0.3, -0.25) is 0 Å². The molecule has 0 radical (unpaired) electrons. The van der Waals surface area contributed by atoms with Crippen LogP contribution in [0.1, 0.15) is 31.0 Å². The van der Waals surface area contributed by atoms with Gasteiger partial charge in [0.2, 0.25) is 0 Å². The molecular weight excluding hydrogens is 160 g/mol. The Bertz CT molecular complexity index is 427. The Labute approximate surface area is 78.2 Å². The van der Waals surface area contributed by atoms with E-state index in [1.54, 1.807) is 0 Å². The van der Waals surface area contributed by atoms with Gasteiger partial charge in [-0.15, -0.1) is 0 Å². The third-order valence-corrected chi connectivity index (χ3v) is 2.48. The van der Waals surface area contributed by atoms with Crippen molar-refractivity contribution < 1.29 is 0 Å². The second-order valence-electron chi connectivity index (χ2n) is 3.68. The van der Waals surface area contributed by atoms with Crippen molar-refractivity contribution in [3.05, 3.63) is 35.8 Å². The topological polar surface area (TPSA) is 17.3 Å². The number of fused-ring (bicyclic) bond motifs is 1. The van der Waals surface area contributed by atoms with Crippen LogP contribution in [-0.2, 0) is 0 Å². The number of aromatic nitrogens is 2. The predicted octanol–water partition coefficient (Wildman–Crippen LogP) is 2.77. The molecule has 0 bridgehead atoms. The minimum atomic E-state index is 0.576. The van der Waals surface area contributed by atoms with Crippen molar-refractivity contribution in [2.75, 3.05) is 0 Å². The standard InChI is InChI=1S/C11H14N2/c1-8(2)10-4-5-11-12-6-7-13(11)9(10)3/h4-8H,1-3H3. The van der Waals surface area contributed by atoms with Crippen LogP contribution in [0, 0.1) is 6.92 Å². The summed E-state index contributed by atoms with van der Waals surface area (Å²) in [7, 11) is 0. The van der Waals surface area contributed by atoms with Crippen LogP contribution < -0.4 is 0 Å². The van der Waals surface area contributed by atoms with Gasteiger partial charge in [0.25, 0.3) is 0 Å². The fourth-order valence-electron chi connectivity index (χ4n) is 1.76. The van der Waals surface area contributed by atoms with Crippen molar-refractivity contribution in [3.63, 3.8) is 0 Å². The van der Waals surface area contributed by atoms with Gasteiger partial charge < -0.3 is 4.40 Å². The van der Waals surface area contributed by atoms with Crippen molar-refractivity contribution in [3.8, 4) is 0 Å². The van der Waals surface area contributed by atoms with Crippen LogP contribution in [-0.4, -0.2) is 9.38 Å². The Morgan fingerprint density at radius 1 is 1.31 bits per heavy atom. The number of aryl methyl sites for hydroxylation is 1. The first kappa shape index (κ1) is 8.30. The highest BCUT2D eigenvalue weighted by molar-refractivity contribution is 5.43. The smallest absolute Gasteiger partial charge is 0.136 e. The highest BCUT2D eigenvalue weighted by Crippen LogP contribution is 2.19. The predicted molar refractivity (Wildman–Crippen MR) is 54.0 cm³/mol. The van der Waals surface area contributed by atoms with Crippen LogP contribution in [0.3, 0.4) is 0 Å². The van der Waals surface area contributed by atoms with Crippen molar-refractivity contribution >= 4 is 5.65 Å². The number of hydrogen-bond acceptors (Lipinski definition) is 1. The van der Waals surface area contributed by atoms with Gasteiger partial charge >= 0.3 is 0 Å². The average Bonchev–Trinajstić information content (AvgIpc) is 2.52. The first-order valence-corrected chi connectivity index (χ1v) is 4.62. The first-order valence-electron chi connectivity index (χ1n) is 4.62. The molecule has 2 nitrogen and oxygen atoms in total. The molecule has 0 aliphatic carbocycles. The number of nitrogens with zero attached hydrogens (tertiary/aromatic N) is 2. The van der Waals surface area contributed by atoms with E-state index in [0.717, 1.165) is 5.65 Å². The van der Waals surface area contributed by atoms with Crippen LogP contribution in [0.4, 0.5) is 0 Å². The maximum absolute atomic E-state index is 4.24. The average molecular weight is 174 g/mol. The fraction of sp³-hybridized carbons (Fsp3) is 0.364. The zero-order valence-electron chi connectivity index (χ0n) is 8.28. The molecule has 2 heteroatoms. The molecule has 2 rings (SSSR count). The van der Waals surface area contributed by atoms with Crippen LogP contribution >= 0.6 is 0 Å². The Balaban J connectivity index is 2.73. The molecule has 0 aliphatic rings. The van der Waals surface area contributed by atoms with Crippen LogP contribution in [0.15, 0.2) is 24.5 Å². The maximum atomic E-state index is 4.24. The number of imidazole rings is 1. The van der Waals surface area contributed by atoms with Gasteiger partial charge in [0.05, 0.1) is 0 Å². The maximum Gasteiger partial charge on any atom is 0.136 e. The summed E-state index contributed by atoms with van der Waals surface area (Å²) in [5.74, 6) is 0.576. The van der Waals surface area contributed by atoms with Gasteiger partial charge in [-0.1, -0.05) is 19.9 Å². The molecule has 13 heavy (non-hydrogen) atoms. The minimum Gasteiger partial charge on any atom is -0.304 e. The van der Waals surface area contributed by atoms with Crippen molar-refractivity contribution in [2.45, 2.75) is 26.7 Å². The number of pyridine rings is 1. The molecule has 0 unspecified atom stereocenters. The summed E-state index contributed by atoms with van der Waals surface area (Å²) in [5.41, 5.74) is 3.72. The summed E-state index contributed by atoms with van der Waals surface area (Å²) >= 11 is 0. The van der Waals surface area contributed by atoms with E-state index in [-0.39, 0.29) is 0 Å². The molecule has 0 aliphatic heterocycles. The highest BCUT2D eigenvalue weighted by Gasteiger charge is 2.06. The summed E-state index contributed by atoms with van der Waals surface area (Å²) in [6.45, 7) is 6.57. The van der Waals surface area contributed by atoms with Crippen molar-refractivity contribution in [1.29, 1.82) is 0 Å². The Morgan fingerprint density at radius 2 is 2.08 bits per heavy atom. The lowest BCUT2D eigenvalue weighted by Crippen LogP contribution is -1.98. The van der Waals surface area contributed by atoms with Gasteiger partial charge in [0.1, 0.15) is 5.65 Å². The molecule has 2 aromatic rings. The van der Waals surface area contributed by atoms with Gasteiger partial charge in [-0.25, -0.2) is 4.98 Å². The molecule has 0 spiro atoms. The third kappa shape index (κ3) is 1.22. The van der Waals surface area contributed by atoms with Gasteiger partial charge in [0.15, 0.2) is 0 Å². The lowest BCUT2D eigenvalue weighted by atomic mass is 10.0. The zero-order chi connectivity index (χ0) is 9.42. The second-order valence-corrected chi connectivity index (χ2v) is 3.68. The molecule has 0 amide bonds. The lowest BCUT2D eigenvalue weighted by Gasteiger charge is -2.10.